The zero-order valence-electron chi connectivity index (χ0n) is 11.6. The predicted octanol–water partition coefficient (Wildman–Crippen LogP) is 1.31. The number of carbonyl (C=O) groups excluding carboxylic acids is 1. The molecule has 2 aliphatic rings. The molecule has 2 aliphatic heterocycles. The molecule has 4 atom stereocenters. The number of carbonyl (C=O) groups is 1. The van der Waals surface area contributed by atoms with Crippen molar-refractivity contribution in [1.82, 2.24) is 10.6 Å². The molecule has 0 spiro atoms. The predicted molar refractivity (Wildman–Crippen MR) is 71.3 cm³/mol. The fourth-order valence-electron chi connectivity index (χ4n) is 2.96. The monoisotopic (exact) mass is 254 g/mol. The molecule has 4 unspecified atom stereocenters. The van der Waals surface area contributed by atoms with E-state index in [1.807, 2.05) is 0 Å². The minimum absolute atomic E-state index is 0.181. The number of hydrogen-bond acceptors (Lipinski definition) is 3. The highest BCUT2D eigenvalue weighted by Gasteiger charge is 2.26. The highest BCUT2D eigenvalue weighted by atomic mass is 16.5. The molecule has 2 N–H and O–H groups in total. The maximum Gasteiger partial charge on any atom is 0.221 e. The van der Waals surface area contributed by atoms with Crippen molar-refractivity contribution in [3.63, 3.8) is 0 Å². The third kappa shape index (κ3) is 3.69. The standard InChI is InChI=1S/C14H26N2O2/c1-10-4-3-6-15-13(10)8-14(17)16-11(2)12-5-7-18-9-12/h10-13,15H,3-9H2,1-2H3,(H,16,17). The lowest BCUT2D eigenvalue weighted by molar-refractivity contribution is -0.122. The van der Waals surface area contributed by atoms with Gasteiger partial charge in [-0.2, -0.15) is 0 Å². The SMILES string of the molecule is CC1CCCNC1CC(=O)NC(C)C1CCOC1. The van der Waals surface area contributed by atoms with E-state index in [4.69, 9.17) is 4.74 Å². The quantitative estimate of drug-likeness (QED) is 0.795. The molecule has 0 aromatic rings. The van der Waals surface area contributed by atoms with Gasteiger partial charge in [-0.3, -0.25) is 4.79 Å². The van der Waals surface area contributed by atoms with E-state index in [0.717, 1.165) is 26.2 Å². The summed E-state index contributed by atoms with van der Waals surface area (Å²) in [5.74, 6) is 1.28. The van der Waals surface area contributed by atoms with E-state index in [0.29, 0.717) is 24.3 Å². The number of piperidine rings is 1. The van der Waals surface area contributed by atoms with E-state index < -0.39 is 0 Å². The molecule has 4 heteroatoms. The van der Waals surface area contributed by atoms with Crippen molar-refractivity contribution in [3.05, 3.63) is 0 Å². The molecule has 1 amide bonds. The van der Waals surface area contributed by atoms with Crippen molar-refractivity contribution in [2.24, 2.45) is 11.8 Å². The van der Waals surface area contributed by atoms with Gasteiger partial charge >= 0.3 is 0 Å². The molecular weight excluding hydrogens is 228 g/mol. The molecule has 0 radical (unpaired) electrons. The van der Waals surface area contributed by atoms with Crippen LogP contribution in [0.15, 0.2) is 0 Å². The average molecular weight is 254 g/mol. The van der Waals surface area contributed by atoms with Crippen LogP contribution < -0.4 is 10.6 Å². The first-order chi connectivity index (χ1) is 8.66. The van der Waals surface area contributed by atoms with Crippen LogP contribution in [0.25, 0.3) is 0 Å². The minimum atomic E-state index is 0.181. The number of nitrogens with one attached hydrogen (secondary N) is 2. The Bertz CT molecular complexity index is 277. The van der Waals surface area contributed by atoms with Crippen LogP contribution in [0.3, 0.4) is 0 Å². The fourth-order valence-corrected chi connectivity index (χ4v) is 2.96. The van der Waals surface area contributed by atoms with Crippen molar-refractivity contribution in [2.75, 3.05) is 19.8 Å². The molecule has 0 bridgehead atoms. The molecule has 0 aromatic carbocycles. The van der Waals surface area contributed by atoms with E-state index >= 15 is 0 Å². The largest absolute Gasteiger partial charge is 0.381 e. The Morgan fingerprint density at radius 2 is 2.33 bits per heavy atom. The van der Waals surface area contributed by atoms with E-state index in [1.165, 1.54) is 12.8 Å². The van der Waals surface area contributed by atoms with Gasteiger partial charge in [-0.1, -0.05) is 6.92 Å². The maximum atomic E-state index is 12.0. The summed E-state index contributed by atoms with van der Waals surface area (Å²) in [5.41, 5.74) is 0. The summed E-state index contributed by atoms with van der Waals surface area (Å²) >= 11 is 0. The normalized spacial score (nSPS) is 34.2. The molecule has 104 valence electrons. The summed E-state index contributed by atoms with van der Waals surface area (Å²) < 4.78 is 5.36. The summed E-state index contributed by atoms with van der Waals surface area (Å²) in [5, 5.41) is 6.59. The fraction of sp³-hybridized carbons (Fsp3) is 0.929. The van der Waals surface area contributed by atoms with Crippen molar-refractivity contribution in [2.45, 2.75) is 51.6 Å². The molecule has 0 aliphatic carbocycles. The number of hydrogen-bond donors (Lipinski definition) is 2. The second-order valence-corrected chi connectivity index (χ2v) is 5.86. The Hall–Kier alpha value is -0.610. The van der Waals surface area contributed by atoms with Crippen molar-refractivity contribution >= 4 is 5.91 Å². The summed E-state index contributed by atoms with van der Waals surface area (Å²) in [7, 11) is 0. The van der Waals surface area contributed by atoms with Crippen LogP contribution >= 0.6 is 0 Å². The van der Waals surface area contributed by atoms with Crippen LogP contribution in [0.1, 0.15) is 39.5 Å². The number of rotatable bonds is 4. The first-order valence-corrected chi connectivity index (χ1v) is 7.27. The van der Waals surface area contributed by atoms with Crippen LogP contribution in [-0.4, -0.2) is 37.7 Å². The van der Waals surface area contributed by atoms with Gasteiger partial charge in [0.2, 0.25) is 5.91 Å². The first-order valence-electron chi connectivity index (χ1n) is 7.27. The number of ether oxygens (including phenoxy) is 1. The second kappa shape index (κ2) is 6.53. The van der Waals surface area contributed by atoms with Crippen LogP contribution in [0.4, 0.5) is 0 Å². The molecule has 0 aromatic heterocycles. The molecule has 2 heterocycles. The smallest absolute Gasteiger partial charge is 0.221 e. The van der Waals surface area contributed by atoms with Gasteiger partial charge in [0.05, 0.1) is 6.61 Å². The summed E-state index contributed by atoms with van der Waals surface area (Å²) in [6, 6.07) is 0.588. The van der Waals surface area contributed by atoms with Gasteiger partial charge < -0.3 is 15.4 Å². The minimum Gasteiger partial charge on any atom is -0.381 e. The van der Waals surface area contributed by atoms with Gasteiger partial charge in [-0.15, -0.1) is 0 Å². The van der Waals surface area contributed by atoms with Crippen LogP contribution in [0.2, 0.25) is 0 Å². The lowest BCUT2D eigenvalue weighted by Gasteiger charge is -2.30. The second-order valence-electron chi connectivity index (χ2n) is 5.86. The Balaban J connectivity index is 1.73. The molecule has 2 fully saturated rings. The molecule has 2 rings (SSSR count). The highest BCUT2D eigenvalue weighted by molar-refractivity contribution is 5.77. The van der Waals surface area contributed by atoms with E-state index in [9.17, 15) is 4.79 Å². The van der Waals surface area contributed by atoms with Crippen molar-refractivity contribution < 1.29 is 9.53 Å². The first kappa shape index (κ1) is 13.8. The third-order valence-electron chi connectivity index (χ3n) is 4.40. The van der Waals surface area contributed by atoms with Crippen molar-refractivity contribution in [1.29, 1.82) is 0 Å². The highest BCUT2D eigenvalue weighted by Crippen LogP contribution is 2.19. The van der Waals surface area contributed by atoms with Gasteiger partial charge in [0.1, 0.15) is 0 Å². The van der Waals surface area contributed by atoms with E-state index in [1.54, 1.807) is 0 Å². The van der Waals surface area contributed by atoms with Crippen LogP contribution in [0, 0.1) is 11.8 Å². The Morgan fingerprint density at radius 1 is 1.50 bits per heavy atom. The van der Waals surface area contributed by atoms with Gasteiger partial charge in [-0.05, 0) is 38.6 Å². The summed E-state index contributed by atoms with van der Waals surface area (Å²) in [6.45, 7) is 7.01. The van der Waals surface area contributed by atoms with Gasteiger partial charge in [0.25, 0.3) is 0 Å². The lowest BCUT2D eigenvalue weighted by Crippen LogP contribution is -2.46. The van der Waals surface area contributed by atoms with E-state index in [2.05, 4.69) is 24.5 Å². The average Bonchev–Trinajstić information content (AvgIpc) is 2.85. The maximum absolute atomic E-state index is 12.0. The number of amides is 1. The Morgan fingerprint density at radius 3 is 3.00 bits per heavy atom. The van der Waals surface area contributed by atoms with Gasteiger partial charge in [0.15, 0.2) is 0 Å². The van der Waals surface area contributed by atoms with Crippen LogP contribution in [0.5, 0.6) is 0 Å². The summed E-state index contributed by atoms with van der Waals surface area (Å²) in [6.07, 6.45) is 4.14. The topological polar surface area (TPSA) is 50.4 Å². The summed E-state index contributed by atoms with van der Waals surface area (Å²) in [4.78, 5) is 12.0. The lowest BCUT2D eigenvalue weighted by atomic mass is 9.90. The molecule has 18 heavy (non-hydrogen) atoms. The molecule has 0 saturated carbocycles. The molecule has 4 nitrogen and oxygen atoms in total. The van der Waals surface area contributed by atoms with Crippen molar-refractivity contribution in [3.8, 4) is 0 Å². The van der Waals surface area contributed by atoms with E-state index in [-0.39, 0.29) is 11.9 Å². The Kier molecular flexibility index (Phi) is 5.01. The zero-order chi connectivity index (χ0) is 13.0. The molecular formula is C14H26N2O2. The van der Waals surface area contributed by atoms with Crippen LogP contribution in [-0.2, 0) is 9.53 Å². The molecule has 2 saturated heterocycles. The van der Waals surface area contributed by atoms with Gasteiger partial charge in [-0.25, -0.2) is 0 Å². The zero-order valence-corrected chi connectivity index (χ0v) is 11.6. The Labute approximate surface area is 110 Å². The third-order valence-corrected chi connectivity index (χ3v) is 4.40. The van der Waals surface area contributed by atoms with Gasteiger partial charge in [0, 0.05) is 31.0 Å².